The van der Waals surface area contributed by atoms with Crippen molar-refractivity contribution in [2.75, 3.05) is 26.7 Å². The number of aromatic nitrogens is 5. The van der Waals surface area contributed by atoms with Gasteiger partial charge in [0.2, 0.25) is 0 Å². The summed E-state index contributed by atoms with van der Waals surface area (Å²) in [6.45, 7) is 1.86. The molecule has 0 N–H and O–H groups in total. The summed E-state index contributed by atoms with van der Waals surface area (Å²) in [4.78, 5) is 16.9. The Bertz CT molecular complexity index is 1260. The van der Waals surface area contributed by atoms with Gasteiger partial charge in [-0.15, -0.1) is 5.10 Å². The molecule has 0 spiro atoms. The second-order valence-electron chi connectivity index (χ2n) is 7.85. The van der Waals surface area contributed by atoms with E-state index in [0.29, 0.717) is 18.8 Å². The van der Waals surface area contributed by atoms with Crippen LogP contribution in [0.3, 0.4) is 0 Å². The van der Waals surface area contributed by atoms with Crippen molar-refractivity contribution in [1.82, 2.24) is 34.4 Å². The van der Waals surface area contributed by atoms with E-state index in [4.69, 9.17) is 0 Å². The van der Waals surface area contributed by atoms with Gasteiger partial charge in [0.15, 0.2) is 0 Å². The van der Waals surface area contributed by atoms with E-state index in [2.05, 4.69) is 20.3 Å². The number of piperazine rings is 1. The molecule has 1 saturated heterocycles. The molecule has 1 aliphatic heterocycles. The van der Waals surface area contributed by atoms with E-state index < -0.39 is 0 Å². The molecule has 1 amide bonds. The number of aryl methyl sites for hydroxylation is 1. The van der Waals surface area contributed by atoms with E-state index in [1.54, 1.807) is 34.6 Å². The van der Waals surface area contributed by atoms with E-state index in [1.807, 2.05) is 36.3 Å². The Labute approximate surface area is 178 Å². The topological polar surface area (TPSA) is 71.6 Å². The number of halogens is 1. The minimum atomic E-state index is -0.279. The fourth-order valence-corrected chi connectivity index (χ4v) is 4.03. The Morgan fingerprint density at radius 1 is 1.10 bits per heavy atom. The standard InChI is InChI=1S/C22H22FN7O/c1-27-10-11-29(22(31)18-8-9-28(2)25-18)14-20(27)21-19-7-6-16(13-30(19)26-24-21)15-4-3-5-17(23)12-15/h3-9,12-13,20H,10-11,14H2,1-2H3/t20-/m0/s1. The highest BCUT2D eigenvalue weighted by Crippen LogP contribution is 2.28. The minimum absolute atomic E-state index is 0.0800. The maximum atomic E-state index is 13.6. The van der Waals surface area contributed by atoms with Gasteiger partial charge in [-0.1, -0.05) is 23.4 Å². The van der Waals surface area contributed by atoms with Crippen LogP contribution in [0.5, 0.6) is 0 Å². The largest absolute Gasteiger partial charge is 0.334 e. The first-order valence-electron chi connectivity index (χ1n) is 10.1. The fourth-order valence-electron chi connectivity index (χ4n) is 4.03. The predicted octanol–water partition coefficient (Wildman–Crippen LogP) is 2.40. The van der Waals surface area contributed by atoms with Gasteiger partial charge in [0, 0.05) is 44.6 Å². The molecule has 4 heterocycles. The van der Waals surface area contributed by atoms with Crippen molar-refractivity contribution in [3.63, 3.8) is 0 Å². The van der Waals surface area contributed by atoms with Gasteiger partial charge in [0.05, 0.1) is 11.6 Å². The number of likely N-dealkylation sites (N-methyl/N-ethyl adjacent to an activating group) is 1. The zero-order valence-corrected chi connectivity index (χ0v) is 17.3. The number of carbonyl (C=O) groups excluding carboxylic acids is 1. The molecule has 1 fully saturated rings. The van der Waals surface area contributed by atoms with Crippen LogP contribution in [0.15, 0.2) is 54.9 Å². The van der Waals surface area contributed by atoms with E-state index in [9.17, 15) is 9.18 Å². The predicted molar refractivity (Wildman–Crippen MR) is 113 cm³/mol. The average molecular weight is 419 g/mol. The van der Waals surface area contributed by atoms with Crippen LogP contribution in [-0.4, -0.2) is 67.0 Å². The van der Waals surface area contributed by atoms with Crippen LogP contribution in [0.25, 0.3) is 16.6 Å². The van der Waals surface area contributed by atoms with Crippen molar-refractivity contribution in [1.29, 1.82) is 0 Å². The third-order valence-corrected chi connectivity index (χ3v) is 5.78. The Kier molecular flexibility index (Phi) is 4.74. The molecular weight excluding hydrogens is 397 g/mol. The lowest BCUT2D eigenvalue weighted by molar-refractivity contribution is 0.0535. The molecule has 1 atom stereocenters. The van der Waals surface area contributed by atoms with Gasteiger partial charge < -0.3 is 4.90 Å². The lowest BCUT2D eigenvalue weighted by Gasteiger charge is -2.38. The molecule has 158 valence electrons. The summed E-state index contributed by atoms with van der Waals surface area (Å²) in [6, 6.07) is 12.0. The summed E-state index contributed by atoms with van der Waals surface area (Å²) in [5, 5.41) is 13.0. The Morgan fingerprint density at radius 3 is 2.74 bits per heavy atom. The molecule has 8 nitrogen and oxygen atoms in total. The van der Waals surface area contributed by atoms with Crippen molar-refractivity contribution in [2.24, 2.45) is 7.05 Å². The van der Waals surface area contributed by atoms with Gasteiger partial charge in [-0.3, -0.25) is 14.4 Å². The van der Waals surface area contributed by atoms with Crippen molar-refractivity contribution in [3.8, 4) is 11.1 Å². The fraction of sp³-hybridized carbons (Fsp3) is 0.273. The number of pyridine rings is 1. The van der Waals surface area contributed by atoms with Crippen LogP contribution in [0.1, 0.15) is 22.2 Å². The molecule has 5 rings (SSSR count). The van der Waals surface area contributed by atoms with Crippen LogP contribution in [0, 0.1) is 5.82 Å². The van der Waals surface area contributed by atoms with Crippen molar-refractivity contribution in [3.05, 3.63) is 72.1 Å². The molecule has 9 heteroatoms. The second kappa shape index (κ2) is 7.59. The summed E-state index contributed by atoms with van der Waals surface area (Å²) >= 11 is 0. The summed E-state index contributed by atoms with van der Waals surface area (Å²) in [6.07, 6.45) is 3.62. The van der Waals surface area contributed by atoms with Gasteiger partial charge in [-0.25, -0.2) is 8.91 Å². The smallest absolute Gasteiger partial charge is 0.274 e. The van der Waals surface area contributed by atoms with E-state index in [0.717, 1.165) is 28.9 Å². The van der Waals surface area contributed by atoms with Gasteiger partial charge in [-0.05, 0) is 36.9 Å². The number of nitrogens with zero attached hydrogens (tertiary/aromatic N) is 7. The number of hydrogen-bond acceptors (Lipinski definition) is 5. The zero-order valence-electron chi connectivity index (χ0n) is 17.3. The summed E-state index contributed by atoms with van der Waals surface area (Å²) in [5.41, 5.74) is 3.75. The zero-order chi connectivity index (χ0) is 21.5. The van der Waals surface area contributed by atoms with E-state index in [-0.39, 0.29) is 17.8 Å². The number of hydrogen-bond donors (Lipinski definition) is 0. The van der Waals surface area contributed by atoms with Crippen molar-refractivity contribution >= 4 is 11.4 Å². The SMILES string of the molecule is CN1CCN(C(=O)c2ccn(C)n2)C[C@H]1c1nnn2cc(-c3cccc(F)c3)ccc12. The van der Waals surface area contributed by atoms with Crippen LogP contribution in [0.2, 0.25) is 0 Å². The Morgan fingerprint density at radius 2 is 1.97 bits per heavy atom. The van der Waals surface area contributed by atoms with Crippen LogP contribution >= 0.6 is 0 Å². The van der Waals surface area contributed by atoms with Crippen molar-refractivity contribution in [2.45, 2.75) is 6.04 Å². The molecule has 31 heavy (non-hydrogen) atoms. The molecule has 1 aromatic carbocycles. The first-order valence-corrected chi connectivity index (χ1v) is 10.1. The summed E-state index contributed by atoms with van der Waals surface area (Å²) in [5.74, 6) is -0.359. The van der Waals surface area contributed by atoms with Crippen LogP contribution in [-0.2, 0) is 7.05 Å². The quantitative estimate of drug-likeness (QED) is 0.510. The molecule has 0 bridgehead atoms. The number of benzene rings is 1. The van der Waals surface area contributed by atoms with Crippen molar-refractivity contribution < 1.29 is 9.18 Å². The highest BCUT2D eigenvalue weighted by atomic mass is 19.1. The van der Waals surface area contributed by atoms with Crippen LogP contribution < -0.4 is 0 Å². The molecule has 0 aliphatic carbocycles. The molecule has 1 aliphatic rings. The lowest BCUT2D eigenvalue weighted by atomic mass is 10.1. The number of carbonyl (C=O) groups is 1. The molecule has 0 unspecified atom stereocenters. The number of rotatable bonds is 3. The number of amides is 1. The van der Waals surface area contributed by atoms with Gasteiger partial charge >= 0.3 is 0 Å². The molecule has 0 radical (unpaired) electrons. The molecule has 3 aromatic heterocycles. The maximum Gasteiger partial charge on any atom is 0.274 e. The normalized spacial score (nSPS) is 17.4. The second-order valence-corrected chi connectivity index (χ2v) is 7.85. The average Bonchev–Trinajstić information content (AvgIpc) is 3.39. The third kappa shape index (κ3) is 3.57. The highest BCUT2D eigenvalue weighted by molar-refractivity contribution is 5.92. The summed E-state index contributed by atoms with van der Waals surface area (Å²) in [7, 11) is 3.82. The third-order valence-electron chi connectivity index (χ3n) is 5.78. The van der Waals surface area contributed by atoms with Crippen LogP contribution in [0.4, 0.5) is 4.39 Å². The lowest BCUT2D eigenvalue weighted by Crippen LogP contribution is -2.49. The minimum Gasteiger partial charge on any atom is -0.334 e. The van der Waals surface area contributed by atoms with E-state index >= 15 is 0 Å². The van der Waals surface area contributed by atoms with Gasteiger partial charge in [-0.2, -0.15) is 5.10 Å². The monoisotopic (exact) mass is 419 g/mol. The highest BCUT2D eigenvalue weighted by Gasteiger charge is 2.32. The maximum absolute atomic E-state index is 13.6. The molecule has 4 aromatic rings. The van der Waals surface area contributed by atoms with Gasteiger partial charge in [0.25, 0.3) is 5.91 Å². The van der Waals surface area contributed by atoms with Gasteiger partial charge in [0.1, 0.15) is 17.2 Å². The molecule has 0 saturated carbocycles. The molecular formula is C22H22FN7O. The number of fused-ring (bicyclic) bond motifs is 1. The Hall–Kier alpha value is -3.59. The summed E-state index contributed by atoms with van der Waals surface area (Å²) < 4.78 is 16.9. The van der Waals surface area contributed by atoms with E-state index in [1.165, 1.54) is 12.1 Å². The Balaban J connectivity index is 1.44. The first-order chi connectivity index (χ1) is 15.0. The first kappa shape index (κ1) is 19.4.